The molecule has 0 radical (unpaired) electrons. The summed E-state index contributed by atoms with van der Waals surface area (Å²) >= 11 is 0. The first-order chi connectivity index (χ1) is 44.1. The summed E-state index contributed by atoms with van der Waals surface area (Å²) in [5.41, 5.74) is 9.06. The molecule has 0 unspecified atom stereocenters. The molecule has 488 valence electrons. The van der Waals surface area contributed by atoms with E-state index in [1.807, 2.05) is 222 Å². The highest BCUT2D eigenvalue weighted by Gasteiger charge is 2.19. The highest BCUT2D eigenvalue weighted by molar-refractivity contribution is 5.94. The SMILES string of the molecule is CC(=O)N(C)[C@@H](C)Cc1ccccc1.CC(=O)N(C)[C@H](C)Cc1ccccc1.C[C@@H](Cc1ccccc1)N(C)C(=O)c1ccccc1.C[C@@H](Cc1ccccc1)N(C)C=O.C[C@H](Cc1ccccc1)N(C)C(=O)c1ccccc1.C[C@H](Cc1ccccc1)N(C)C=O. The Morgan fingerprint density at radius 3 is 0.609 bits per heavy atom. The number of carbonyl (C=O) groups excluding carboxylic acids is 6. The zero-order chi connectivity index (χ0) is 67.8. The molecule has 0 aliphatic carbocycles. The summed E-state index contributed by atoms with van der Waals surface area (Å²) in [5, 5.41) is 0. The normalized spacial score (nSPS) is 12.1. The fourth-order valence-electron chi connectivity index (χ4n) is 9.36. The van der Waals surface area contributed by atoms with Crippen LogP contribution in [-0.2, 0) is 57.7 Å². The molecule has 0 N–H and O–H groups in total. The summed E-state index contributed by atoms with van der Waals surface area (Å²) in [5.74, 6) is 0.384. The number of carbonyl (C=O) groups is 6. The van der Waals surface area contributed by atoms with Gasteiger partial charge < -0.3 is 29.4 Å². The summed E-state index contributed by atoms with van der Waals surface area (Å²) in [7, 11) is 11.0. The molecule has 0 heterocycles. The van der Waals surface area contributed by atoms with Crippen molar-refractivity contribution in [2.75, 3.05) is 42.3 Å². The van der Waals surface area contributed by atoms with E-state index in [0.29, 0.717) is 0 Å². The average Bonchev–Trinajstić information content (AvgIpc) is 1.64. The first-order valence-electron chi connectivity index (χ1n) is 31.8. The second-order valence-electron chi connectivity index (χ2n) is 23.6. The van der Waals surface area contributed by atoms with Crippen molar-refractivity contribution in [2.24, 2.45) is 0 Å². The molecule has 0 aromatic heterocycles. The van der Waals surface area contributed by atoms with Gasteiger partial charge in [0.25, 0.3) is 11.8 Å². The molecule has 6 amide bonds. The number of likely N-dealkylation sites (N-methyl/N-ethyl adjacent to an activating group) is 6. The predicted octanol–water partition coefficient (Wildman–Crippen LogP) is 14.4. The lowest BCUT2D eigenvalue weighted by molar-refractivity contribution is -0.130. The lowest BCUT2D eigenvalue weighted by Crippen LogP contribution is -2.36. The lowest BCUT2D eigenvalue weighted by atomic mass is 10.1. The Balaban J connectivity index is 0.000000290. The quantitative estimate of drug-likeness (QED) is 0.0623. The minimum absolute atomic E-state index is 0.0732. The standard InChI is InChI=1S/2C17H19NO.2C12H17NO.2C11H15NO/c2*1-14(13-15-9-5-3-6-10-15)18(2)17(19)16-11-7-4-8-12-16;2*1-10(13(3)11(2)14)9-12-7-5-4-6-8-12;2*1-10(12(2)9-13)8-11-6-4-3-5-7-11/h2*3-12,14H,13H2,1-2H3;2*4-8,10H,9H2,1-3H3;2*3-7,9-10H,8H2,1-2H3/t2*14-;4*10-/m101010/s1. The van der Waals surface area contributed by atoms with Crippen LogP contribution in [0.25, 0.3) is 0 Å². The summed E-state index contributed by atoms with van der Waals surface area (Å²) in [6.07, 6.45) is 7.13. The van der Waals surface area contributed by atoms with E-state index in [0.717, 1.165) is 62.5 Å². The molecule has 8 aromatic carbocycles. The Morgan fingerprint density at radius 2 is 0.435 bits per heavy atom. The van der Waals surface area contributed by atoms with Crippen molar-refractivity contribution in [3.05, 3.63) is 287 Å². The van der Waals surface area contributed by atoms with Crippen LogP contribution in [0.15, 0.2) is 243 Å². The third-order valence-corrected chi connectivity index (χ3v) is 16.3. The van der Waals surface area contributed by atoms with Crippen LogP contribution in [0.2, 0.25) is 0 Å². The van der Waals surface area contributed by atoms with Crippen molar-refractivity contribution in [1.29, 1.82) is 0 Å². The third-order valence-electron chi connectivity index (χ3n) is 16.3. The van der Waals surface area contributed by atoms with Crippen LogP contribution in [0.3, 0.4) is 0 Å². The highest BCUT2D eigenvalue weighted by atomic mass is 16.2. The van der Waals surface area contributed by atoms with Crippen molar-refractivity contribution in [3.63, 3.8) is 0 Å². The molecule has 12 heteroatoms. The van der Waals surface area contributed by atoms with E-state index in [9.17, 15) is 28.8 Å². The summed E-state index contributed by atoms with van der Waals surface area (Å²) in [4.78, 5) is 78.3. The Labute approximate surface area is 551 Å². The molecule has 0 spiro atoms. The zero-order valence-electron chi connectivity index (χ0n) is 57.1. The van der Waals surface area contributed by atoms with E-state index in [2.05, 4.69) is 100 Å². The van der Waals surface area contributed by atoms with Crippen LogP contribution in [0.4, 0.5) is 0 Å². The summed E-state index contributed by atoms with van der Waals surface area (Å²) < 4.78 is 0. The van der Waals surface area contributed by atoms with Gasteiger partial charge >= 0.3 is 0 Å². The monoisotopic (exact) mass is 1240 g/mol. The van der Waals surface area contributed by atoms with Crippen molar-refractivity contribution in [1.82, 2.24) is 29.4 Å². The van der Waals surface area contributed by atoms with Gasteiger partial charge in [0, 0.05) is 104 Å². The second kappa shape index (κ2) is 43.3. The second-order valence-corrected chi connectivity index (χ2v) is 23.6. The number of hydrogen-bond donors (Lipinski definition) is 0. The molecule has 6 atom stereocenters. The van der Waals surface area contributed by atoms with E-state index < -0.39 is 0 Å². The molecule has 8 aromatic rings. The van der Waals surface area contributed by atoms with Gasteiger partial charge in [-0.2, -0.15) is 0 Å². The lowest BCUT2D eigenvalue weighted by Gasteiger charge is -2.25. The molecule has 0 aliphatic rings. The van der Waals surface area contributed by atoms with Gasteiger partial charge in [0.05, 0.1) is 0 Å². The fraction of sp³-hybridized carbons (Fsp3) is 0.325. The first kappa shape index (κ1) is 76.8. The molecule has 0 bridgehead atoms. The average molecular weight is 1240 g/mol. The van der Waals surface area contributed by atoms with Gasteiger partial charge in [-0.25, -0.2) is 0 Å². The van der Waals surface area contributed by atoms with Crippen molar-refractivity contribution in [3.8, 4) is 0 Å². The van der Waals surface area contributed by atoms with Crippen molar-refractivity contribution >= 4 is 36.4 Å². The third kappa shape index (κ3) is 29.9. The van der Waals surface area contributed by atoms with Gasteiger partial charge in [0.2, 0.25) is 24.6 Å². The van der Waals surface area contributed by atoms with Crippen molar-refractivity contribution < 1.29 is 28.8 Å². The van der Waals surface area contributed by atoms with Crippen LogP contribution in [0.1, 0.15) is 109 Å². The molecule has 0 saturated carbocycles. The van der Waals surface area contributed by atoms with Gasteiger partial charge in [0.15, 0.2) is 0 Å². The molecule has 0 aliphatic heterocycles. The maximum absolute atomic E-state index is 12.3. The van der Waals surface area contributed by atoms with Crippen molar-refractivity contribution in [2.45, 2.75) is 130 Å². The van der Waals surface area contributed by atoms with Gasteiger partial charge in [-0.15, -0.1) is 0 Å². The number of benzene rings is 8. The van der Waals surface area contributed by atoms with Gasteiger partial charge in [-0.05, 0) is 138 Å². The number of amides is 6. The van der Waals surface area contributed by atoms with Crippen LogP contribution in [-0.4, -0.2) is 144 Å². The smallest absolute Gasteiger partial charge is 0.253 e. The zero-order valence-corrected chi connectivity index (χ0v) is 57.1. The van der Waals surface area contributed by atoms with Gasteiger partial charge in [-0.1, -0.05) is 218 Å². The van der Waals surface area contributed by atoms with Crippen LogP contribution in [0, 0.1) is 0 Å². The molecule has 0 fully saturated rings. The van der Waals surface area contributed by atoms with E-state index in [1.165, 1.54) is 33.4 Å². The molecular weight excluding hydrogens is 1140 g/mol. The largest absolute Gasteiger partial charge is 0.345 e. The Morgan fingerprint density at radius 1 is 0.272 bits per heavy atom. The van der Waals surface area contributed by atoms with E-state index in [-0.39, 0.29) is 59.9 Å². The van der Waals surface area contributed by atoms with E-state index in [4.69, 9.17) is 0 Å². The Kier molecular flexibility index (Phi) is 36.2. The maximum Gasteiger partial charge on any atom is 0.253 e. The fourth-order valence-corrected chi connectivity index (χ4v) is 9.36. The summed E-state index contributed by atoms with van der Waals surface area (Å²) in [6, 6.07) is 81.6. The van der Waals surface area contributed by atoms with Crippen LogP contribution in [0.5, 0.6) is 0 Å². The van der Waals surface area contributed by atoms with E-state index >= 15 is 0 Å². The molecule has 0 saturated heterocycles. The molecule has 12 nitrogen and oxygen atoms in total. The maximum atomic E-state index is 12.3. The number of nitrogens with zero attached hydrogens (tertiary/aromatic N) is 6. The Bertz CT molecular complexity index is 3050. The highest BCUT2D eigenvalue weighted by Crippen LogP contribution is 2.15. The minimum Gasteiger partial charge on any atom is -0.345 e. The van der Waals surface area contributed by atoms with Crippen LogP contribution >= 0.6 is 0 Å². The molecular formula is C80H102N6O6. The predicted molar refractivity (Wildman–Crippen MR) is 379 cm³/mol. The minimum atomic E-state index is 0.0732. The van der Waals surface area contributed by atoms with Crippen LogP contribution < -0.4 is 0 Å². The first-order valence-corrected chi connectivity index (χ1v) is 31.8. The topological polar surface area (TPSA) is 122 Å². The molecule has 92 heavy (non-hydrogen) atoms. The molecule has 8 rings (SSSR count). The number of rotatable bonds is 22. The number of hydrogen-bond acceptors (Lipinski definition) is 6. The Hall–Kier alpha value is -9.42. The van der Waals surface area contributed by atoms with E-state index in [1.54, 1.807) is 47.5 Å². The van der Waals surface area contributed by atoms with Gasteiger partial charge in [-0.3, -0.25) is 28.8 Å². The van der Waals surface area contributed by atoms with Gasteiger partial charge in [0.1, 0.15) is 0 Å². The summed E-state index contributed by atoms with van der Waals surface area (Å²) in [6.45, 7) is 15.6.